The molecule has 0 spiro atoms. The maximum absolute atomic E-state index is 13.3. The van der Waals surface area contributed by atoms with Crippen LogP contribution in [0.1, 0.15) is 47.2 Å². The molecule has 0 fully saturated rings. The molecule has 0 atom stereocenters. The molecule has 4 heteroatoms. The van der Waals surface area contributed by atoms with E-state index < -0.39 is 8.07 Å². The van der Waals surface area contributed by atoms with Crippen molar-refractivity contribution in [3.8, 4) is 17.3 Å². The van der Waals surface area contributed by atoms with E-state index in [1.165, 1.54) is 0 Å². The van der Waals surface area contributed by atoms with Gasteiger partial charge in [0.25, 0.3) is 5.56 Å². The quantitative estimate of drug-likeness (QED) is 0.399. The summed E-state index contributed by atoms with van der Waals surface area (Å²) in [6.45, 7) is 13.8. The molecule has 0 saturated heterocycles. The lowest BCUT2D eigenvalue weighted by molar-refractivity contribution is 0.838. The van der Waals surface area contributed by atoms with Crippen molar-refractivity contribution in [1.29, 1.82) is 0 Å². The first kappa shape index (κ1) is 21.1. The number of benzene rings is 1. The first-order valence-electron chi connectivity index (χ1n) is 10.4. The molecule has 2 heterocycles. The SMILES string of the molecule is CC(C)[Si](C#Cc1cc2ccccc2c(=O)n1-c1ccccn1)(C(C)C)C(C)C. The van der Waals surface area contributed by atoms with Crippen molar-refractivity contribution in [3.63, 3.8) is 0 Å². The van der Waals surface area contributed by atoms with Gasteiger partial charge in [-0.2, -0.15) is 0 Å². The average molecular weight is 403 g/mol. The molecule has 29 heavy (non-hydrogen) atoms. The third-order valence-corrected chi connectivity index (χ3v) is 12.4. The van der Waals surface area contributed by atoms with Gasteiger partial charge in [0.1, 0.15) is 19.6 Å². The van der Waals surface area contributed by atoms with E-state index in [1.54, 1.807) is 10.8 Å². The standard InChI is InChI=1S/C25H30N2OSi/c1-18(2)29(19(3)4,20(5)6)16-14-22-17-21-11-7-8-12-23(21)25(28)27(22)24-13-9-10-15-26-24/h7-13,15,17-20H,1-6H3. The summed E-state index contributed by atoms with van der Waals surface area (Å²) in [5.41, 5.74) is 5.99. The molecule has 0 bridgehead atoms. The van der Waals surface area contributed by atoms with Crippen LogP contribution < -0.4 is 5.56 Å². The molecule has 0 aliphatic carbocycles. The smallest absolute Gasteiger partial charge is 0.265 e. The highest BCUT2D eigenvalue weighted by molar-refractivity contribution is 6.90. The van der Waals surface area contributed by atoms with Gasteiger partial charge in [-0.3, -0.25) is 9.36 Å². The molecular formula is C25H30N2OSi. The maximum atomic E-state index is 13.3. The Morgan fingerprint density at radius 2 is 1.52 bits per heavy atom. The molecule has 3 rings (SSSR count). The normalized spacial score (nSPS) is 11.9. The van der Waals surface area contributed by atoms with E-state index in [-0.39, 0.29) is 5.56 Å². The summed E-state index contributed by atoms with van der Waals surface area (Å²) in [6, 6.07) is 15.3. The average Bonchev–Trinajstić information content (AvgIpc) is 2.68. The summed E-state index contributed by atoms with van der Waals surface area (Å²) in [6.07, 6.45) is 1.71. The summed E-state index contributed by atoms with van der Waals surface area (Å²) >= 11 is 0. The molecule has 0 radical (unpaired) electrons. The Kier molecular flexibility index (Phi) is 6.09. The number of hydrogen-bond acceptors (Lipinski definition) is 2. The summed E-state index contributed by atoms with van der Waals surface area (Å²) in [4.78, 5) is 17.8. The van der Waals surface area contributed by atoms with Crippen LogP contribution in [-0.4, -0.2) is 17.6 Å². The van der Waals surface area contributed by atoms with Gasteiger partial charge in [-0.05, 0) is 46.3 Å². The van der Waals surface area contributed by atoms with Crippen molar-refractivity contribution < 1.29 is 0 Å². The number of rotatable bonds is 4. The van der Waals surface area contributed by atoms with Gasteiger partial charge in [0.15, 0.2) is 0 Å². The Morgan fingerprint density at radius 1 is 0.897 bits per heavy atom. The zero-order valence-corrected chi connectivity index (χ0v) is 19.2. The van der Waals surface area contributed by atoms with Crippen LogP contribution in [0, 0.1) is 11.5 Å². The fourth-order valence-corrected chi connectivity index (χ4v) is 9.88. The maximum Gasteiger partial charge on any atom is 0.265 e. The predicted octanol–water partition coefficient (Wildman–Crippen LogP) is 5.96. The van der Waals surface area contributed by atoms with Gasteiger partial charge >= 0.3 is 0 Å². The van der Waals surface area contributed by atoms with Gasteiger partial charge in [-0.15, -0.1) is 5.54 Å². The van der Waals surface area contributed by atoms with Gasteiger partial charge in [-0.25, -0.2) is 4.98 Å². The van der Waals surface area contributed by atoms with Crippen LogP contribution in [0.25, 0.3) is 16.6 Å². The number of hydrogen-bond donors (Lipinski definition) is 0. The molecule has 0 aliphatic heterocycles. The van der Waals surface area contributed by atoms with E-state index >= 15 is 0 Å². The molecular weight excluding hydrogens is 372 g/mol. The molecule has 0 N–H and O–H groups in total. The van der Waals surface area contributed by atoms with Crippen molar-refractivity contribution in [3.05, 3.63) is 70.8 Å². The van der Waals surface area contributed by atoms with E-state index in [0.29, 0.717) is 33.5 Å². The van der Waals surface area contributed by atoms with Crippen molar-refractivity contribution in [1.82, 2.24) is 9.55 Å². The first-order valence-corrected chi connectivity index (χ1v) is 12.6. The fraction of sp³-hybridized carbons (Fsp3) is 0.360. The lowest BCUT2D eigenvalue weighted by Crippen LogP contribution is -2.43. The molecule has 0 amide bonds. The van der Waals surface area contributed by atoms with Gasteiger partial charge in [0.2, 0.25) is 0 Å². The number of aromatic nitrogens is 2. The Balaban J connectivity index is 2.33. The second-order valence-corrected chi connectivity index (χ2v) is 14.2. The molecule has 3 aromatic rings. The minimum absolute atomic E-state index is 0.0722. The monoisotopic (exact) mass is 402 g/mol. The van der Waals surface area contributed by atoms with Crippen LogP contribution in [-0.2, 0) is 0 Å². The number of pyridine rings is 2. The van der Waals surface area contributed by atoms with E-state index in [0.717, 1.165) is 5.39 Å². The second-order valence-electron chi connectivity index (χ2n) is 8.59. The van der Waals surface area contributed by atoms with Crippen molar-refractivity contribution >= 4 is 18.8 Å². The third-order valence-electron chi connectivity index (χ3n) is 6.08. The molecule has 150 valence electrons. The van der Waals surface area contributed by atoms with Crippen LogP contribution in [0.5, 0.6) is 0 Å². The zero-order chi connectivity index (χ0) is 21.2. The highest BCUT2D eigenvalue weighted by Gasteiger charge is 2.41. The largest absolute Gasteiger partial charge is 0.268 e. The van der Waals surface area contributed by atoms with Gasteiger partial charge < -0.3 is 0 Å². The Bertz CT molecular complexity index is 1100. The van der Waals surface area contributed by atoms with E-state index in [9.17, 15) is 4.79 Å². The van der Waals surface area contributed by atoms with Crippen LogP contribution in [0.4, 0.5) is 0 Å². The van der Waals surface area contributed by atoms with Crippen molar-refractivity contribution in [2.45, 2.75) is 58.2 Å². The van der Waals surface area contributed by atoms with E-state index in [2.05, 4.69) is 58.0 Å². The highest BCUT2D eigenvalue weighted by Crippen LogP contribution is 2.40. The van der Waals surface area contributed by atoms with Crippen LogP contribution in [0.15, 0.2) is 59.5 Å². The van der Waals surface area contributed by atoms with E-state index in [1.807, 2.05) is 48.5 Å². The highest BCUT2D eigenvalue weighted by atomic mass is 28.3. The number of nitrogens with zero attached hydrogens (tertiary/aromatic N) is 2. The molecule has 0 saturated carbocycles. The lowest BCUT2D eigenvalue weighted by Gasteiger charge is -2.38. The van der Waals surface area contributed by atoms with Gasteiger partial charge in [-0.1, -0.05) is 71.7 Å². The summed E-state index contributed by atoms with van der Waals surface area (Å²) in [5, 5.41) is 1.60. The first-order chi connectivity index (χ1) is 13.8. The molecule has 0 aliphatic rings. The fourth-order valence-electron chi connectivity index (χ4n) is 4.67. The van der Waals surface area contributed by atoms with Gasteiger partial charge in [0.05, 0.1) is 0 Å². The minimum atomic E-state index is -1.92. The summed E-state index contributed by atoms with van der Waals surface area (Å²) < 4.78 is 1.66. The molecule has 0 unspecified atom stereocenters. The Labute approximate surface area is 174 Å². The minimum Gasteiger partial charge on any atom is -0.268 e. The zero-order valence-electron chi connectivity index (χ0n) is 18.2. The lowest BCUT2D eigenvalue weighted by atomic mass is 10.1. The second kappa shape index (κ2) is 8.38. The van der Waals surface area contributed by atoms with Gasteiger partial charge in [0, 0.05) is 11.6 Å². The topological polar surface area (TPSA) is 34.9 Å². The van der Waals surface area contributed by atoms with Crippen LogP contribution >= 0.6 is 0 Å². The third kappa shape index (κ3) is 3.80. The molecule has 1 aromatic carbocycles. The summed E-state index contributed by atoms with van der Waals surface area (Å²) in [5.74, 6) is 4.07. The van der Waals surface area contributed by atoms with Crippen LogP contribution in [0.2, 0.25) is 16.6 Å². The molecule has 2 aromatic heterocycles. The predicted molar refractivity (Wildman–Crippen MR) is 125 cm³/mol. The molecule has 3 nitrogen and oxygen atoms in total. The Hall–Kier alpha value is -2.64. The number of fused-ring (bicyclic) bond motifs is 1. The Morgan fingerprint density at radius 3 is 2.10 bits per heavy atom. The van der Waals surface area contributed by atoms with Crippen LogP contribution in [0.3, 0.4) is 0 Å². The summed E-state index contributed by atoms with van der Waals surface area (Å²) in [7, 11) is -1.92. The van der Waals surface area contributed by atoms with Crippen molar-refractivity contribution in [2.75, 3.05) is 0 Å². The van der Waals surface area contributed by atoms with E-state index in [4.69, 9.17) is 0 Å². The van der Waals surface area contributed by atoms with Crippen molar-refractivity contribution in [2.24, 2.45) is 0 Å².